The van der Waals surface area contributed by atoms with Crippen molar-refractivity contribution in [1.29, 1.82) is 0 Å². The van der Waals surface area contributed by atoms with Crippen molar-refractivity contribution in [3.63, 3.8) is 0 Å². The molecule has 0 radical (unpaired) electrons. The average molecular weight is 421 g/mol. The van der Waals surface area contributed by atoms with Gasteiger partial charge in [-0.05, 0) is 62.1 Å². The normalized spacial score (nSPS) is 16.1. The van der Waals surface area contributed by atoms with E-state index in [2.05, 4.69) is 5.32 Å². The molecule has 0 atom stereocenters. The van der Waals surface area contributed by atoms with Crippen LogP contribution in [0.1, 0.15) is 28.0 Å². The summed E-state index contributed by atoms with van der Waals surface area (Å²) in [6.45, 7) is 10.4. The Morgan fingerprint density at radius 3 is 2.31 bits per heavy atom. The number of benzene rings is 1. The minimum Gasteiger partial charge on any atom is -0.467 e. The van der Waals surface area contributed by atoms with E-state index >= 15 is 0 Å². The van der Waals surface area contributed by atoms with E-state index in [0.717, 1.165) is 27.2 Å². The van der Waals surface area contributed by atoms with Crippen LogP contribution in [0.5, 0.6) is 0 Å². The van der Waals surface area contributed by atoms with E-state index in [1.807, 2.05) is 39.8 Å². The molecule has 29 heavy (non-hydrogen) atoms. The first-order valence-electron chi connectivity index (χ1n) is 9.90. The number of amides is 1. The summed E-state index contributed by atoms with van der Waals surface area (Å²) in [6.07, 6.45) is 1.57. The zero-order valence-corrected chi connectivity index (χ0v) is 18.4. The molecule has 8 heteroatoms. The fourth-order valence-electron chi connectivity index (χ4n) is 3.80. The minimum absolute atomic E-state index is 0.0614. The van der Waals surface area contributed by atoms with Gasteiger partial charge in [0.2, 0.25) is 10.0 Å². The van der Waals surface area contributed by atoms with Crippen molar-refractivity contribution in [3.8, 4) is 0 Å². The summed E-state index contributed by atoms with van der Waals surface area (Å²) in [5.41, 5.74) is 3.62. The molecular weight excluding hydrogens is 390 g/mol. The Bertz CT molecular complexity index is 950. The van der Waals surface area contributed by atoms with Crippen LogP contribution >= 0.6 is 0 Å². The molecular formula is C21H30N3O4S+. The van der Waals surface area contributed by atoms with Gasteiger partial charge < -0.3 is 14.6 Å². The van der Waals surface area contributed by atoms with Crippen LogP contribution in [0.4, 0.5) is 0 Å². The Morgan fingerprint density at radius 2 is 1.76 bits per heavy atom. The number of nitrogens with zero attached hydrogens (tertiary/aromatic N) is 1. The van der Waals surface area contributed by atoms with E-state index in [1.165, 1.54) is 0 Å². The maximum absolute atomic E-state index is 13.3. The number of furan rings is 1. The second-order valence-corrected chi connectivity index (χ2v) is 9.65. The first-order valence-corrected chi connectivity index (χ1v) is 11.3. The second-order valence-electron chi connectivity index (χ2n) is 7.78. The maximum atomic E-state index is 13.3. The number of sulfonamides is 1. The molecule has 1 aliphatic rings. The molecule has 2 heterocycles. The molecule has 1 saturated heterocycles. The Labute approximate surface area is 172 Å². The third kappa shape index (κ3) is 4.71. The summed E-state index contributed by atoms with van der Waals surface area (Å²) in [7, 11) is -3.55. The summed E-state index contributed by atoms with van der Waals surface area (Å²) in [5, 5.41) is 2.84. The number of carbonyl (C=O) groups is 1. The average Bonchev–Trinajstić information content (AvgIpc) is 3.19. The SMILES string of the molecule is Cc1cc(C)c(C)c(S(=O)(=O)N2CC[NH+](CC(=O)NCc3ccco3)CC2)c1C. The van der Waals surface area contributed by atoms with Gasteiger partial charge in [-0.25, -0.2) is 8.42 Å². The highest BCUT2D eigenvalue weighted by molar-refractivity contribution is 7.89. The van der Waals surface area contributed by atoms with Crippen LogP contribution in [-0.2, 0) is 21.4 Å². The monoisotopic (exact) mass is 420 g/mol. The van der Waals surface area contributed by atoms with Gasteiger partial charge in [0.05, 0.1) is 43.9 Å². The highest BCUT2D eigenvalue weighted by Crippen LogP contribution is 2.28. The smallest absolute Gasteiger partial charge is 0.275 e. The largest absolute Gasteiger partial charge is 0.467 e. The molecule has 2 N–H and O–H groups in total. The Balaban J connectivity index is 1.61. The first kappa shape index (κ1) is 21.5. The summed E-state index contributed by atoms with van der Waals surface area (Å²) in [4.78, 5) is 13.7. The number of hydrogen-bond donors (Lipinski definition) is 2. The molecule has 7 nitrogen and oxygen atoms in total. The van der Waals surface area contributed by atoms with E-state index < -0.39 is 10.0 Å². The molecule has 1 aromatic carbocycles. The first-order chi connectivity index (χ1) is 13.7. The van der Waals surface area contributed by atoms with Gasteiger partial charge in [-0.15, -0.1) is 0 Å². The van der Waals surface area contributed by atoms with Crippen LogP contribution in [-0.4, -0.2) is 51.4 Å². The van der Waals surface area contributed by atoms with Crippen LogP contribution in [0, 0.1) is 27.7 Å². The molecule has 0 unspecified atom stereocenters. The molecule has 158 valence electrons. The molecule has 1 amide bonds. The third-order valence-corrected chi connectivity index (χ3v) is 7.95. The molecule has 1 aromatic heterocycles. The lowest BCUT2D eigenvalue weighted by Crippen LogP contribution is -3.15. The van der Waals surface area contributed by atoms with Gasteiger partial charge in [-0.3, -0.25) is 4.79 Å². The summed E-state index contributed by atoms with van der Waals surface area (Å²) >= 11 is 0. The molecule has 0 aliphatic carbocycles. The highest BCUT2D eigenvalue weighted by Gasteiger charge is 2.33. The van der Waals surface area contributed by atoms with Gasteiger partial charge >= 0.3 is 0 Å². The second kappa shape index (κ2) is 8.69. The van der Waals surface area contributed by atoms with Gasteiger partial charge in [0, 0.05) is 0 Å². The van der Waals surface area contributed by atoms with Gasteiger partial charge in [0.15, 0.2) is 6.54 Å². The quantitative estimate of drug-likeness (QED) is 0.721. The molecule has 3 rings (SSSR count). The number of hydrogen-bond acceptors (Lipinski definition) is 4. The third-order valence-electron chi connectivity index (χ3n) is 5.78. The zero-order chi connectivity index (χ0) is 21.2. The predicted molar refractivity (Wildman–Crippen MR) is 110 cm³/mol. The van der Waals surface area contributed by atoms with Crippen molar-refractivity contribution >= 4 is 15.9 Å². The van der Waals surface area contributed by atoms with Crippen molar-refractivity contribution in [3.05, 3.63) is 52.5 Å². The Morgan fingerprint density at radius 1 is 1.14 bits per heavy atom. The fraction of sp³-hybridized carbons (Fsp3) is 0.476. The molecule has 1 aliphatic heterocycles. The predicted octanol–water partition coefficient (Wildman–Crippen LogP) is 0.719. The van der Waals surface area contributed by atoms with E-state index in [1.54, 1.807) is 16.6 Å². The van der Waals surface area contributed by atoms with Crippen LogP contribution in [0.2, 0.25) is 0 Å². The zero-order valence-electron chi connectivity index (χ0n) is 17.5. The number of nitrogens with one attached hydrogen (secondary N) is 2. The van der Waals surface area contributed by atoms with E-state index in [0.29, 0.717) is 49.9 Å². The fourth-order valence-corrected chi connectivity index (χ4v) is 5.82. The van der Waals surface area contributed by atoms with Gasteiger partial charge in [0.1, 0.15) is 5.76 Å². The van der Waals surface area contributed by atoms with Gasteiger partial charge in [0.25, 0.3) is 5.91 Å². The van der Waals surface area contributed by atoms with Gasteiger partial charge in [-0.1, -0.05) is 6.07 Å². The summed E-state index contributed by atoms with van der Waals surface area (Å²) < 4.78 is 33.4. The van der Waals surface area contributed by atoms with Crippen LogP contribution < -0.4 is 10.2 Å². The molecule has 1 fully saturated rings. The minimum atomic E-state index is -3.55. The van der Waals surface area contributed by atoms with Crippen LogP contribution in [0.15, 0.2) is 33.8 Å². The molecule has 0 bridgehead atoms. The number of quaternary nitrogens is 1. The highest BCUT2D eigenvalue weighted by atomic mass is 32.2. The van der Waals surface area contributed by atoms with E-state index in [9.17, 15) is 13.2 Å². The maximum Gasteiger partial charge on any atom is 0.275 e. The number of aryl methyl sites for hydroxylation is 2. The van der Waals surface area contributed by atoms with Crippen molar-refractivity contribution in [2.75, 3.05) is 32.7 Å². The van der Waals surface area contributed by atoms with E-state index in [-0.39, 0.29) is 5.91 Å². The Hall–Kier alpha value is -2.16. The van der Waals surface area contributed by atoms with Gasteiger partial charge in [-0.2, -0.15) is 4.31 Å². The lowest BCUT2D eigenvalue weighted by Gasteiger charge is -2.32. The standard InChI is InChI=1S/C21H29N3O4S/c1-15-12-16(2)18(4)21(17(15)3)29(26,27)24-9-7-23(8-10-24)14-20(25)22-13-19-6-5-11-28-19/h5-6,11-12H,7-10,13-14H2,1-4H3,(H,22,25)/p+1. The van der Waals surface area contributed by atoms with E-state index in [4.69, 9.17) is 4.42 Å². The molecule has 0 saturated carbocycles. The molecule has 2 aromatic rings. The number of carbonyl (C=O) groups excluding carboxylic acids is 1. The summed E-state index contributed by atoms with van der Waals surface area (Å²) in [6, 6.07) is 5.63. The lowest BCUT2D eigenvalue weighted by atomic mass is 10.0. The molecule has 0 spiro atoms. The van der Waals surface area contributed by atoms with Crippen molar-refractivity contribution in [2.45, 2.75) is 39.1 Å². The Kier molecular flexibility index (Phi) is 6.45. The van der Waals surface area contributed by atoms with Crippen LogP contribution in [0.3, 0.4) is 0 Å². The van der Waals surface area contributed by atoms with Crippen molar-refractivity contribution in [1.82, 2.24) is 9.62 Å². The number of rotatable bonds is 6. The number of piperazine rings is 1. The summed E-state index contributed by atoms with van der Waals surface area (Å²) in [5.74, 6) is 0.650. The van der Waals surface area contributed by atoms with Crippen molar-refractivity contribution in [2.24, 2.45) is 0 Å². The topological polar surface area (TPSA) is 84.1 Å². The van der Waals surface area contributed by atoms with Crippen LogP contribution in [0.25, 0.3) is 0 Å². The lowest BCUT2D eigenvalue weighted by molar-refractivity contribution is -0.895. The van der Waals surface area contributed by atoms with Crippen molar-refractivity contribution < 1.29 is 22.5 Å².